The fraction of sp³-hybridized carbons (Fsp3) is 0.571. The van der Waals surface area contributed by atoms with Crippen LogP contribution in [0.15, 0.2) is 24.3 Å². The Kier molecular flexibility index (Phi) is 3.74. The Morgan fingerprint density at radius 2 is 1.93 bits per heavy atom. The molecule has 0 bridgehead atoms. The lowest BCUT2D eigenvalue weighted by atomic mass is 9.90. The number of thioether (sulfide) groups is 1. The van der Waals surface area contributed by atoms with E-state index in [1.807, 2.05) is 0 Å². The molecule has 1 aromatic carbocycles. The zero-order valence-electron chi connectivity index (χ0n) is 9.70. The van der Waals surface area contributed by atoms with Crippen molar-refractivity contribution >= 4 is 11.8 Å². The fourth-order valence-corrected chi connectivity index (χ4v) is 3.31. The van der Waals surface area contributed by atoms with Crippen molar-refractivity contribution in [1.29, 1.82) is 0 Å². The molecule has 15 heavy (non-hydrogen) atoms. The summed E-state index contributed by atoms with van der Waals surface area (Å²) in [7, 11) is 0. The molecule has 0 unspecified atom stereocenters. The molecule has 0 saturated carbocycles. The first kappa shape index (κ1) is 11.1. The Bertz CT molecular complexity index is 311. The van der Waals surface area contributed by atoms with Crippen LogP contribution in [0.1, 0.15) is 49.7 Å². The lowest BCUT2D eigenvalue weighted by Crippen LogP contribution is -2.08. The van der Waals surface area contributed by atoms with Gasteiger partial charge in [-0.2, -0.15) is 11.8 Å². The Morgan fingerprint density at radius 3 is 2.60 bits per heavy atom. The van der Waals surface area contributed by atoms with Crippen LogP contribution in [0.2, 0.25) is 0 Å². The minimum absolute atomic E-state index is 0.655. The molecule has 0 amide bonds. The van der Waals surface area contributed by atoms with Crippen molar-refractivity contribution in [2.45, 2.75) is 38.5 Å². The minimum atomic E-state index is 0.655. The topological polar surface area (TPSA) is 0 Å². The SMILES string of the molecule is CC(C)c1cccc(C2CCSCC2)c1. The summed E-state index contributed by atoms with van der Waals surface area (Å²) in [5, 5.41) is 0. The van der Waals surface area contributed by atoms with E-state index >= 15 is 0 Å². The summed E-state index contributed by atoms with van der Waals surface area (Å²) in [5.41, 5.74) is 3.06. The van der Waals surface area contributed by atoms with E-state index < -0.39 is 0 Å². The zero-order chi connectivity index (χ0) is 10.7. The number of hydrogen-bond donors (Lipinski definition) is 0. The van der Waals surface area contributed by atoms with Crippen molar-refractivity contribution in [3.05, 3.63) is 35.4 Å². The molecule has 1 heterocycles. The van der Waals surface area contributed by atoms with Crippen molar-refractivity contribution in [3.8, 4) is 0 Å². The number of rotatable bonds is 2. The van der Waals surface area contributed by atoms with Crippen molar-refractivity contribution < 1.29 is 0 Å². The van der Waals surface area contributed by atoms with Gasteiger partial charge in [0.1, 0.15) is 0 Å². The van der Waals surface area contributed by atoms with Crippen molar-refractivity contribution in [1.82, 2.24) is 0 Å². The molecule has 0 atom stereocenters. The molecular weight excluding hydrogens is 200 g/mol. The van der Waals surface area contributed by atoms with E-state index in [1.54, 1.807) is 5.56 Å². The van der Waals surface area contributed by atoms with E-state index in [0.29, 0.717) is 5.92 Å². The second-order valence-electron chi connectivity index (χ2n) is 4.71. The van der Waals surface area contributed by atoms with Gasteiger partial charge < -0.3 is 0 Å². The van der Waals surface area contributed by atoms with Gasteiger partial charge >= 0.3 is 0 Å². The summed E-state index contributed by atoms with van der Waals surface area (Å²) in [6.45, 7) is 4.55. The molecule has 0 aliphatic carbocycles. The quantitative estimate of drug-likeness (QED) is 0.711. The first-order valence-electron chi connectivity index (χ1n) is 5.95. The average Bonchev–Trinajstić information content (AvgIpc) is 2.30. The molecule has 1 aliphatic heterocycles. The van der Waals surface area contributed by atoms with Crippen molar-refractivity contribution in [2.75, 3.05) is 11.5 Å². The second-order valence-corrected chi connectivity index (χ2v) is 5.94. The number of benzene rings is 1. The van der Waals surface area contributed by atoms with Crippen LogP contribution in [0.5, 0.6) is 0 Å². The van der Waals surface area contributed by atoms with Gasteiger partial charge in [0.25, 0.3) is 0 Å². The van der Waals surface area contributed by atoms with Crippen LogP contribution in [0.4, 0.5) is 0 Å². The van der Waals surface area contributed by atoms with Crippen LogP contribution in [0.3, 0.4) is 0 Å². The molecule has 0 N–H and O–H groups in total. The first-order valence-corrected chi connectivity index (χ1v) is 7.10. The number of hydrogen-bond acceptors (Lipinski definition) is 1. The summed E-state index contributed by atoms with van der Waals surface area (Å²) < 4.78 is 0. The van der Waals surface area contributed by atoms with Crippen LogP contribution >= 0.6 is 11.8 Å². The molecule has 0 aromatic heterocycles. The van der Waals surface area contributed by atoms with E-state index in [-0.39, 0.29) is 0 Å². The van der Waals surface area contributed by atoms with E-state index in [9.17, 15) is 0 Å². The fourth-order valence-electron chi connectivity index (χ4n) is 2.20. The predicted octanol–water partition coefficient (Wildman–Crippen LogP) is 4.42. The predicted molar refractivity (Wildman–Crippen MR) is 69.8 cm³/mol. The average molecular weight is 220 g/mol. The lowest BCUT2D eigenvalue weighted by Gasteiger charge is -2.22. The molecule has 0 nitrogen and oxygen atoms in total. The van der Waals surface area contributed by atoms with E-state index in [2.05, 4.69) is 49.9 Å². The highest BCUT2D eigenvalue weighted by Gasteiger charge is 2.15. The van der Waals surface area contributed by atoms with Gasteiger partial charge in [0, 0.05) is 0 Å². The van der Waals surface area contributed by atoms with Gasteiger partial charge in [-0.3, -0.25) is 0 Å². The monoisotopic (exact) mass is 220 g/mol. The van der Waals surface area contributed by atoms with Gasteiger partial charge in [-0.1, -0.05) is 38.1 Å². The molecule has 0 spiro atoms. The molecule has 1 saturated heterocycles. The van der Waals surface area contributed by atoms with E-state index in [1.165, 1.54) is 29.9 Å². The maximum Gasteiger partial charge on any atom is -0.00617 e. The Morgan fingerprint density at radius 1 is 1.20 bits per heavy atom. The van der Waals surface area contributed by atoms with Crippen LogP contribution in [0, 0.1) is 0 Å². The van der Waals surface area contributed by atoms with Crippen molar-refractivity contribution in [3.63, 3.8) is 0 Å². The molecule has 0 radical (unpaired) electrons. The second kappa shape index (κ2) is 5.07. The summed E-state index contributed by atoms with van der Waals surface area (Å²) >= 11 is 2.10. The summed E-state index contributed by atoms with van der Waals surface area (Å²) in [4.78, 5) is 0. The third kappa shape index (κ3) is 2.78. The van der Waals surface area contributed by atoms with Crippen LogP contribution < -0.4 is 0 Å². The maximum absolute atomic E-state index is 2.42. The normalized spacial score (nSPS) is 18.3. The highest BCUT2D eigenvalue weighted by atomic mass is 32.2. The van der Waals surface area contributed by atoms with Gasteiger partial charge in [-0.05, 0) is 47.3 Å². The summed E-state index contributed by atoms with van der Waals surface area (Å²) in [6, 6.07) is 9.22. The van der Waals surface area contributed by atoms with E-state index in [4.69, 9.17) is 0 Å². The van der Waals surface area contributed by atoms with Crippen LogP contribution in [-0.2, 0) is 0 Å². The smallest absolute Gasteiger partial charge is 0.00617 e. The third-order valence-electron chi connectivity index (χ3n) is 3.27. The summed E-state index contributed by atoms with van der Waals surface area (Å²) in [6.07, 6.45) is 2.73. The molecule has 82 valence electrons. The Hall–Kier alpha value is -0.430. The van der Waals surface area contributed by atoms with Crippen LogP contribution in [-0.4, -0.2) is 11.5 Å². The summed E-state index contributed by atoms with van der Waals surface area (Å²) in [5.74, 6) is 4.17. The first-order chi connectivity index (χ1) is 7.27. The maximum atomic E-state index is 2.42. The molecule has 2 rings (SSSR count). The highest BCUT2D eigenvalue weighted by Crippen LogP contribution is 2.32. The molecule has 1 heteroatoms. The zero-order valence-corrected chi connectivity index (χ0v) is 10.5. The third-order valence-corrected chi connectivity index (χ3v) is 4.32. The molecule has 1 aliphatic rings. The molecule has 1 aromatic rings. The highest BCUT2D eigenvalue weighted by molar-refractivity contribution is 7.99. The molecular formula is C14H20S. The Labute approximate surface area is 97.5 Å². The van der Waals surface area contributed by atoms with Gasteiger partial charge in [0.2, 0.25) is 0 Å². The largest absolute Gasteiger partial charge is 0.162 e. The van der Waals surface area contributed by atoms with Crippen LogP contribution in [0.25, 0.3) is 0 Å². The van der Waals surface area contributed by atoms with Gasteiger partial charge in [-0.25, -0.2) is 0 Å². The Balaban J connectivity index is 2.16. The van der Waals surface area contributed by atoms with Gasteiger partial charge in [0.05, 0.1) is 0 Å². The standard InChI is InChI=1S/C14H20S/c1-11(2)13-4-3-5-14(10-13)12-6-8-15-9-7-12/h3-5,10-12H,6-9H2,1-2H3. The minimum Gasteiger partial charge on any atom is -0.162 e. The van der Waals surface area contributed by atoms with E-state index in [0.717, 1.165) is 5.92 Å². The van der Waals surface area contributed by atoms with Crippen molar-refractivity contribution in [2.24, 2.45) is 0 Å². The van der Waals surface area contributed by atoms with Gasteiger partial charge in [-0.15, -0.1) is 0 Å². The van der Waals surface area contributed by atoms with Gasteiger partial charge in [0.15, 0.2) is 0 Å². The lowest BCUT2D eigenvalue weighted by molar-refractivity contribution is 0.635. The molecule has 1 fully saturated rings.